The van der Waals surface area contributed by atoms with E-state index in [9.17, 15) is 4.79 Å². The fraction of sp³-hybridized carbons (Fsp3) is 0.278. The van der Waals surface area contributed by atoms with Crippen LogP contribution in [0.3, 0.4) is 0 Å². The van der Waals surface area contributed by atoms with Crippen molar-refractivity contribution in [3.8, 4) is 17.2 Å². The highest BCUT2D eigenvalue weighted by molar-refractivity contribution is 5.73. The van der Waals surface area contributed by atoms with Gasteiger partial charge in [-0.2, -0.15) is 0 Å². The first-order valence-electron chi connectivity index (χ1n) is 7.63. The predicted octanol–water partition coefficient (Wildman–Crippen LogP) is 2.58. The van der Waals surface area contributed by atoms with Gasteiger partial charge in [0.1, 0.15) is 5.75 Å². The highest BCUT2D eigenvalue weighted by Crippen LogP contribution is 2.27. The SMILES string of the molecule is COc1ccc(CCNC(=O)NCOc2ccccc2)cc1OC. The Hall–Kier alpha value is -2.89. The molecule has 0 heterocycles. The second-order valence-electron chi connectivity index (χ2n) is 4.97. The van der Waals surface area contributed by atoms with Crippen LogP contribution in [0.25, 0.3) is 0 Å². The minimum Gasteiger partial charge on any atom is -0.493 e. The maximum Gasteiger partial charge on any atom is 0.317 e. The fourth-order valence-corrected chi connectivity index (χ4v) is 2.12. The van der Waals surface area contributed by atoms with Crippen molar-refractivity contribution in [3.63, 3.8) is 0 Å². The van der Waals surface area contributed by atoms with Gasteiger partial charge in [0.15, 0.2) is 18.2 Å². The molecule has 128 valence electrons. The average molecular weight is 330 g/mol. The van der Waals surface area contributed by atoms with Gasteiger partial charge in [-0.1, -0.05) is 24.3 Å². The summed E-state index contributed by atoms with van der Waals surface area (Å²) in [6.45, 7) is 0.624. The lowest BCUT2D eigenvalue weighted by atomic mass is 10.1. The number of benzene rings is 2. The van der Waals surface area contributed by atoms with E-state index >= 15 is 0 Å². The molecule has 0 aliphatic carbocycles. The van der Waals surface area contributed by atoms with Crippen molar-refractivity contribution < 1.29 is 19.0 Å². The Labute approximate surface area is 141 Å². The average Bonchev–Trinajstić information content (AvgIpc) is 2.62. The first-order chi connectivity index (χ1) is 11.7. The summed E-state index contributed by atoms with van der Waals surface area (Å²) >= 11 is 0. The number of hydrogen-bond donors (Lipinski definition) is 2. The molecular weight excluding hydrogens is 308 g/mol. The number of rotatable bonds is 8. The third-order valence-corrected chi connectivity index (χ3v) is 3.36. The van der Waals surface area contributed by atoms with Crippen LogP contribution in [0.5, 0.6) is 17.2 Å². The molecule has 2 aromatic carbocycles. The summed E-state index contributed by atoms with van der Waals surface area (Å²) in [5, 5.41) is 5.42. The van der Waals surface area contributed by atoms with Gasteiger partial charge >= 0.3 is 6.03 Å². The van der Waals surface area contributed by atoms with Crippen molar-refractivity contribution in [3.05, 3.63) is 54.1 Å². The molecule has 0 bridgehead atoms. The van der Waals surface area contributed by atoms with Crippen molar-refractivity contribution in [1.29, 1.82) is 0 Å². The van der Waals surface area contributed by atoms with Crippen LogP contribution in [0, 0.1) is 0 Å². The van der Waals surface area contributed by atoms with Crippen LogP contribution in [0.15, 0.2) is 48.5 Å². The molecule has 0 saturated heterocycles. The van der Waals surface area contributed by atoms with Crippen molar-refractivity contribution in [2.24, 2.45) is 0 Å². The summed E-state index contributed by atoms with van der Waals surface area (Å²) in [5.41, 5.74) is 1.05. The van der Waals surface area contributed by atoms with Gasteiger partial charge in [-0.3, -0.25) is 0 Å². The van der Waals surface area contributed by atoms with Gasteiger partial charge in [-0.15, -0.1) is 0 Å². The van der Waals surface area contributed by atoms with E-state index in [4.69, 9.17) is 14.2 Å². The molecule has 0 spiro atoms. The van der Waals surface area contributed by atoms with Crippen molar-refractivity contribution in [1.82, 2.24) is 10.6 Å². The summed E-state index contributed by atoms with van der Waals surface area (Å²) in [6, 6.07) is 14.7. The molecule has 2 N–H and O–H groups in total. The minimum absolute atomic E-state index is 0.117. The van der Waals surface area contributed by atoms with Gasteiger partial charge in [-0.25, -0.2) is 4.79 Å². The molecule has 2 amide bonds. The molecule has 0 aliphatic rings. The molecule has 2 rings (SSSR count). The third kappa shape index (κ3) is 5.39. The lowest BCUT2D eigenvalue weighted by Gasteiger charge is -2.11. The van der Waals surface area contributed by atoms with E-state index in [0.717, 1.165) is 5.56 Å². The second-order valence-corrected chi connectivity index (χ2v) is 4.97. The van der Waals surface area contributed by atoms with Gasteiger partial charge < -0.3 is 24.8 Å². The van der Waals surface area contributed by atoms with Crippen LogP contribution in [0.1, 0.15) is 5.56 Å². The molecule has 24 heavy (non-hydrogen) atoms. The van der Waals surface area contributed by atoms with Crippen LogP contribution < -0.4 is 24.8 Å². The standard InChI is InChI=1S/C18H22N2O4/c1-22-16-9-8-14(12-17(16)23-2)10-11-19-18(21)20-13-24-15-6-4-3-5-7-15/h3-9,12H,10-11,13H2,1-2H3,(H2,19,20,21). The lowest BCUT2D eigenvalue weighted by molar-refractivity contribution is 0.224. The molecule has 0 saturated carbocycles. The molecule has 0 atom stereocenters. The molecule has 2 aromatic rings. The van der Waals surface area contributed by atoms with E-state index < -0.39 is 0 Å². The number of amides is 2. The molecule has 6 heteroatoms. The molecular formula is C18H22N2O4. The summed E-state index contributed by atoms with van der Waals surface area (Å²) in [4.78, 5) is 11.7. The van der Waals surface area contributed by atoms with E-state index in [1.807, 2.05) is 48.5 Å². The number of hydrogen-bond acceptors (Lipinski definition) is 4. The Morgan fingerprint density at radius 3 is 2.42 bits per heavy atom. The van der Waals surface area contributed by atoms with Gasteiger partial charge in [0.05, 0.1) is 14.2 Å². The Balaban J connectivity index is 1.69. The summed E-state index contributed by atoms with van der Waals surface area (Å²) in [7, 11) is 3.20. The molecule has 0 fully saturated rings. The number of carbonyl (C=O) groups excluding carboxylic acids is 1. The first kappa shape index (κ1) is 17.5. The Morgan fingerprint density at radius 2 is 1.71 bits per heavy atom. The first-order valence-corrected chi connectivity index (χ1v) is 7.63. The normalized spacial score (nSPS) is 9.92. The molecule has 0 aliphatic heterocycles. The van der Waals surface area contributed by atoms with Crippen molar-refractivity contribution in [2.45, 2.75) is 6.42 Å². The number of para-hydroxylation sites is 1. The van der Waals surface area contributed by atoms with Crippen molar-refractivity contribution in [2.75, 3.05) is 27.5 Å². The van der Waals surface area contributed by atoms with Crippen LogP contribution in [0.4, 0.5) is 4.79 Å². The second kappa shape index (κ2) is 9.29. The quantitative estimate of drug-likeness (QED) is 0.730. The summed E-state index contributed by atoms with van der Waals surface area (Å²) in [6.07, 6.45) is 0.688. The van der Waals surface area contributed by atoms with E-state index in [1.54, 1.807) is 14.2 Å². The number of ether oxygens (including phenoxy) is 3. The molecule has 6 nitrogen and oxygen atoms in total. The zero-order valence-electron chi connectivity index (χ0n) is 13.9. The smallest absolute Gasteiger partial charge is 0.317 e. The van der Waals surface area contributed by atoms with Crippen LogP contribution in [-0.2, 0) is 6.42 Å². The van der Waals surface area contributed by atoms with Crippen LogP contribution in [-0.4, -0.2) is 33.5 Å². The number of urea groups is 1. The van der Waals surface area contributed by atoms with Gasteiger partial charge in [-0.05, 0) is 36.2 Å². The fourth-order valence-electron chi connectivity index (χ4n) is 2.12. The summed E-state index contributed by atoms with van der Waals surface area (Å²) < 4.78 is 15.8. The van der Waals surface area contributed by atoms with E-state index in [2.05, 4.69) is 10.6 Å². The van der Waals surface area contributed by atoms with Crippen LogP contribution in [0.2, 0.25) is 0 Å². The Bertz CT molecular complexity index is 647. The lowest BCUT2D eigenvalue weighted by Crippen LogP contribution is -2.38. The number of methoxy groups -OCH3 is 2. The molecule has 0 radical (unpaired) electrons. The Morgan fingerprint density at radius 1 is 0.958 bits per heavy atom. The minimum atomic E-state index is -0.272. The Kier molecular flexibility index (Phi) is 6.76. The number of nitrogens with one attached hydrogen (secondary N) is 2. The highest BCUT2D eigenvalue weighted by Gasteiger charge is 2.05. The maximum absolute atomic E-state index is 11.7. The molecule has 0 aromatic heterocycles. The van der Waals surface area contributed by atoms with Gasteiger partial charge in [0.2, 0.25) is 0 Å². The van der Waals surface area contributed by atoms with Crippen molar-refractivity contribution >= 4 is 6.03 Å². The monoisotopic (exact) mass is 330 g/mol. The van der Waals surface area contributed by atoms with Gasteiger partial charge in [0.25, 0.3) is 0 Å². The molecule has 0 unspecified atom stereocenters. The van der Waals surface area contributed by atoms with E-state index in [-0.39, 0.29) is 12.8 Å². The third-order valence-electron chi connectivity index (χ3n) is 3.36. The zero-order valence-corrected chi connectivity index (χ0v) is 13.9. The van der Waals surface area contributed by atoms with E-state index in [1.165, 1.54) is 0 Å². The van der Waals surface area contributed by atoms with Crippen LogP contribution >= 0.6 is 0 Å². The van der Waals surface area contributed by atoms with Gasteiger partial charge in [0, 0.05) is 6.54 Å². The predicted molar refractivity (Wildman–Crippen MR) is 91.7 cm³/mol. The largest absolute Gasteiger partial charge is 0.493 e. The zero-order chi connectivity index (χ0) is 17.2. The van der Waals surface area contributed by atoms with E-state index in [0.29, 0.717) is 30.2 Å². The topological polar surface area (TPSA) is 68.8 Å². The number of carbonyl (C=O) groups is 1. The summed E-state index contributed by atoms with van der Waals surface area (Å²) in [5.74, 6) is 2.07. The maximum atomic E-state index is 11.7. The highest BCUT2D eigenvalue weighted by atomic mass is 16.5.